The molecule has 1 N–H and O–H groups in total. The van der Waals surface area contributed by atoms with Crippen LogP contribution in [-0.4, -0.2) is 38.1 Å². The van der Waals surface area contributed by atoms with Gasteiger partial charge in [0.25, 0.3) is 0 Å². The first kappa shape index (κ1) is 12.9. The smallest absolute Gasteiger partial charge is 0.165 e. The molecule has 0 spiro atoms. The van der Waals surface area contributed by atoms with Crippen molar-refractivity contribution in [2.75, 3.05) is 31.1 Å². The number of nitrogens with one attached hydrogen (secondary N) is 1. The first-order valence-electron chi connectivity index (χ1n) is 6.39. The quantitative estimate of drug-likeness (QED) is 0.879. The maximum atomic E-state index is 11.6. The van der Waals surface area contributed by atoms with Crippen molar-refractivity contribution in [3.63, 3.8) is 0 Å². The van der Waals surface area contributed by atoms with Crippen LogP contribution in [0.25, 0.3) is 0 Å². The van der Waals surface area contributed by atoms with Crippen LogP contribution >= 0.6 is 0 Å². The Morgan fingerprint density at radius 3 is 2.67 bits per heavy atom. The largest absolute Gasteiger partial charge is 0.491 e. The molecule has 1 aromatic rings. The molecule has 0 atom stereocenters. The zero-order valence-corrected chi connectivity index (χ0v) is 11.0. The van der Waals surface area contributed by atoms with Crippen molar-refractivity contribution in [3.8, 4) is 5.75 Å². The minimum Gasteiger partial charge on any atom is -0.491 e. The third-order valence-corrected chi connectivity index (χ3v) is 2.82. The van der Waals surface area contributed by atoms with Crippen LogP contribution in [0.1, 0.15) is 13.8 Å². The summed E-state index contributed by atoms with van der Waals surface area (Å²) in [4.78, 5) is 13.6. The summed E-state index contributed by atoms with van der Waals surface area (Å²) in [7, 11) is 0. The molecule has 1 heterocycles. The summed E-state index contributed by atoms with van der Waals surface area (Å²) >= 11 is 0. The van der Waals surface area contributed by atoms with Gasteiger partial charge in [-0.1, -0.05) is 0 Å². The molecule has 0 amide bonds. The summed E-state index contributed by atoms with van der Waals surface area (Å²) in [5, 5.41) is 3.12. The Morgan fingerprint density at radius 1 is 1.28 bits per heavy atom. The van der Waals surface area contributed by atoms with Crippen LogP contribution < -0.4 is 15.0 Å². The lowest BCUT2D eigenvalue weighted by atomic mass is 10.2. The molecule has 98 valence electrons. The lowest BCUT2D eigenvalue weighted by Gasteiger charge is -2.22. The Morgan fingerprint density at radius 2 is 2.00 bits per heavy atom. The monoisotopic (exact) mass is 248 g/mol. The van der Waals surface area contributed by atoms with Crippen LogP contribution in [0, 0.1) is 0 Å². The molecule has 0 aliphatic carbocycles. The van der Waals surface area contributed by atoms with Gasteiger partial charge in [-0.15, -0.1) is 0 Å². The Balaban J connectivity index is 2.05. The molecular weight excluding hydrogens is 228 g/mol. The van der Waals surface area contributed by atoms with Gasteiger partial charge in [-0.05, 0) is 38.1 Å². The summed E-state index contributed by atoms with van der Waals surface area (Å²) in [6.45, 7) is 6.68. The van der Waals surface area contributed by atoms with E-state index < -0.39 is 0 Å². The van der Waals surface area contributed by atoms with E-state index in [-0.39, 0.29) is 11.9 Å². The molecule has 1 saturated heterocycles. The number of nitrogens with zero attached hydrogens (tertiary/aromatic N) is 1. The van der Waals surface area contributed by atoms with Crippen molar-refractivity contribution in [3.05, 3.63) is 24.3 Å². The highest BCUT2D eigenvalue weighted by atomic mass is 16.5. The second-order valence-corrected chi connectivity index (χ2v) is 4.80. The van der Waals surface area contributed by atoms with Gasteiger partial charge in [-0.3, -0.25) is 4.79 Å². The maximum absolute atomic E-state index is 11.6. The fourth-order valence-electron chi connectivity index (χ4n) is 2.02. The molecule has 4 heteroatoms. The van der Waals surface area contributed by atoms with Crippen molar-refractivity contribution < 1.29 is 9.53 Å². The number of hydrogen-bond acceptors (Lipinski definition) is 4. The van der Waals surface area contributed by atoms with E-state index in [0.29, 0.717) is 13.1 Å². The second kappa shape index (κ2) is 5.87. The Labute approximate surface area is 108 Å². The van der Waals surface area contributed by atoms with Gasteiger partial charge in [-0.25, -0.2) is 0 Å². The number of hydrogen-bond donors (Lipinski definition) is 1. The number of ether oxygens (including phenoxy) is 1. The highest BCUT2D eigenvalue weighted by Crippen LogP contribution is 2.20. The molecule has 0 aromatic heterocycles. The van der Waals surface area contributed by atoms with Crippen molar-refractivity contribution in [1.29, 1.82) is 0 Å². The van der Waals surface area contributed by atoms with Gasteiger partial charge in [0, 0.05) is 18.8 Å². The summed E-state index contributed by atoms with van der Waals surface area (Å²) in [6, 6.07) is 7.93. The minimum absolute atomic E-state index is 0.180. The van der Waals surface area contributed by atoms with E-state index in [9.17, 15) is 4.79 Å². The maximum Gasteiger partial charge on any atom is 0.165 e. The topological polar surface area (TPSA) is 41.6 Å². The molecule has 4 nitrogen and oxygen atoms in total. The summed E-state index contributed by atoms with van der Waals surface area (Å²) < 4.78 is 5.60. The predicted octanol–water partition coefficient (Wildman–Crippen LogP) is 1.45. The van der Waals surface area contributed by atoms with E-state index in [0.717, 1.165) is 24.5 Å². The zero-order chi connectivity index (χ0) is 13.0. The number of carbonyl (C=O) groups excluding carboxylic acids is 1. The van der Waals surface area contributed by atoms with E-state index in [2.05, 4.69) is 10.2 Å². The highest BCUT2D eigenvalue weighted by Gasteiger charge is 2.14. The van der Waals surface area contributed by atoms with Gasteiger partial charge in [0.15, 0.2) is 5.78 Å². The number of rotatable bonds is 3. The van der Waals surface area contributed by atoms with E-state index in [1.165, 1.54) is 0 Å². The highest BCUT2D eigenvalue weighted by molar-refractivity contribution is 5.85. The van der Waals surface area contributed by atoms with Crippen LogP contribution in [0.5, 0.6) is 5.75 Å². The lowest BCUT2D eigenvalue weighted by Crippen LogP contribution is -2.29. The van der Waals surface area contributed by atoms with Crippen molar-refractivity contribution in [1.82, 2.24) is 5.32 Å². The van der Waals surface area contributed by atoms with Gasteiger partial charge < -0.3 is 15.0 Å². The molecule has 1 aliphatic rings. The molecule has 0 bridgehead atoms. The van der Waals surface area contributed by atoms with Gasteiger partial charge in [0.2, 0.25) is 0 Å². The SMILES string of the molecule is CC(C)Oc1ccc(N2CCNCC(=O)C2)cc1. The summed E-state index contributed by atoms with van der Waals surface area (Å²) in [5.41, 5.74) is 1.07. The molecule has 2 rings (SSSR count). The van der Waals surface area contributed by atoms with Gasteiger partial charge in [0.05, 0.1) is 19.2 Å². The fourth-order valence-corrected chi connectivity index (χ4v) is 2.02. The van der Waals surface area contributed by atoms with Crippen LogP contribution in [0.4, 0.5) is 5.69 Å². The first-order chi connectivity index (χ1) is 8.65. The van der Waals surface area contributed by atoms with Crippen molar-refractivity contribution in [2.45, 2.75) is 20.0 Å². The number of Topliss-reactive ketones (excluding diaryl/α,β-unsaturated/α-hetero) is 1. The van der Waals surface area contributed by atoms with Gasteiger partial charge in [-0.2, -0.15) is 0 Å². The van der Waals surface area contributed by atoms with Crippen LogP contribution in [-0.2, 0) is 4.79 Å². The van der Waals surface area contributed by atoms with E-state index in [4.69, 9.17) is 4.74 Å². The van der Waals surface area contributed by atoms with E-state index >= 15 is 0 Å². The predicted molar refractivity (Wildman–Crippen MR) is 72.3 cm³/mol. The van der Waals surface area contributed by atoms with E-state index in [1.807, 2.05) is 38.1 Å². The van der Waals surface area contributed by atoms with E-state index in [1.54, 1.807) is 0 Å². The molecule has 0 saturated carbocycles. The second-order valence-electron chi connectivity index (χ2n) is 4.80. The van der Waals surface area contributed by atoms with Crippen LogP contribution in [0.15, 0.2) is 24.3 Å². The minimum atomic E-state index is 0.180. The number of benzene rings is 1. The molecule has 1 aliphatic heterocycles. The normalized spacial score (nSPS) is 16.8. The molecule has 0 unspecified atom stereocenters. The Kier molecular flexibility index (Phi) is 4.20. The standard InChI is InChI=1S/C14H20N2O2/c1-11(2)18-14-5-3-12(4-6-14)16-8-7-15-9-13(17)10-16/h3-6,11,15H,7-10H2,1-2H3. The number of carbonyl (C=O) groups is 1. The van der Waals surface area contributed by atoms with Crippen molar-refractivity contribution in [2.24, 2.45) is 0 Å². The molecule has 1 fully saturated rings. The number of anilines is 1. The first-order valence-corrected chi connectivity index (χ1v) is 6.39. The number of ketones is 1. The molecule has 0 radical (unpaired) electrons. The zero-order valence-electron chi connectivity index (χ0n) is 11.0. The lowest BCUT2D eigenvalue weighted by molar-refractivity contribution is -0.116. The average molecular weight is 248 g/mol. The average Bonchev–Trinajstić information content (AvgIpc) is 2.54. The summed E-state index contributed by atoms with van der Waals surface area (Å²) in [5.74, 6) is 1.10. The molecular formula is C14H20N2O2. The van der Waals surface area contributed by atoms with Crippen LogP contribution in [0.3, 0.4) is 0 Å². The third kappa shape index (κ3) is 3.47. The third-order valence-electron chi connectivity index (χ3n) is 2.82. The van der Waals surface area contributed by atoms with Gasteiger partial charge >= 0.3 is 0 Å². The Hall–Kier alpha value is -1.55. The van der Waals surface area contributed by atoms with Gasteiger partial charge in [0.1, 0.15) is 5.75 Å². The Bertz CT molecular complexity index is 401. The van der Waals surface area contributed by atoms with Crippen LogP contribution in [0.2, 0.25) is 0 Å². The fraction of sp³-hybridized carbons (Fsp3) is 0.500. The van der Waals surface area contributed by atoms with Crippen molar-refractivity contribution >= 4 is 11.5 Å². The molecule has 18 heavy (non-hydrogen) atoms. The molecule has 1 aromatic carbocycles. The summed E-state index contributed by atoms with van der Waals surface area (Å²) in [6.07, 6.45) is 0.180.